The maximum atomic E-state index is 13.6. The van der Waals surface area contributed by atoms with Crippen molar-refractivity contribution in [3.05, 3.63) is 95.1 Å². The zero-order valence-corrected chi connectivity index (χ0v) is 20.8. The molecule has 0 saturated heterocycles. The molecule has 3 aromatic carbocycles. The van der Waals surface area contributed by atoms with Crippen molar-refractivity contribution in [2.75, 3.05) is 0 Å². The number of hydrogen-bond donors (Lipinski definition) is 0. The van der Waals surface area contributed by atoms with Crippen LogP contribution in [0.25, 0.3) is 11.1 Å². The summed E-state index contributed by atoms with van der Waals surface area (Å²) in [4.78, 5) is 29.9. The Balaban J connectivity index is 1.80. The average Bonchev–Trinajstić information content (AvgIpc) is 3.15. The number of hydrogen-bond acceptors (Lipinski definition) is 4. The highest BCUT2D eigenvalue weighted by atomic mass is 19.4. The number of alkyl halides is 3. The Morgan fingerprint density at radius 1 is 0.892 bits per heavy atom. The molecule has 1 aliphatic rings. The third-order valence-corrected chi connectivity index (χ3v) is 6.80. The fraction of sp³-hybridized carbons (Fsp3) is 0.300. The van der Waals surface area contributed by atoms with E-state index in [9.17, 15) is 22.8 Å². The lowest BCUT2D eigenvalue weighted by atomic mass is 9.71. The van der Waals surface area contributed by atoms with Gasteiger partial charge in [-0.15, -0.1) is 0 Å². The molecule has 4 nitrogen and oxygen atoms in total. The lowest BCUT2D eigenvalue weighted by Crippen LogP contribution is -2.28. The predicted molar refractivity (Wildman–Crippen MR) is 137 cm³/mol. The van der Waals surface area contributed by atoms with Gasteiger partial charge in [-0.3, -0.25) is 4.79 Å². The fourth-order valence-electron chi connectivity index (χ4n) is 5.27. The van der Waals surface area contributed by atoms with Gasteiger partial charge in [0.15, 0.2) is 0 Å². The van der Waals surface area contributed by atoms with Crippen LogP contribution in [0.5, 0.6) is 0 Å². The first-order valence-electron chi connectivity index (χ1n) is 12.3. The first kappa shape index (κ1) is 26.3. The summed E-state index contributed by atoms with van der Waals surface area (Å²) in [6, 6.07) is 21.9. The van der Waals surface area contributed by atoms with E-state index in [1.165, 1.54) is 6.92 Å². The third-order valence-electron chi connectivity index (χ3n) is 6.80. The van der Waals surface area contributed by atoms with Crippen LogP contribution in [0.15, 0.2) is 78.0 Å². The highest BCUT2D eigenvalue weighted by Crippen LogP contribution is 2.54. The van der Waals surface area contributed by atoms with Crippen LogP contribution in [-0.2, 0) is 21.5 Å². The summed E-state index contributed by atoms with van der Waals surface area (Å²) in [6.45, 7) is 3.15. The summed E-state index contributed by atoms with van der Waals surface area (Å²) in [5.41, 5.74) is 3.58. The van der Waals surface area contributed by atoms with Crippen LogP contribution in [-0.4, -0.2) is 23.6 Å². The summed E-state index contributed by atoms with van der Waals surface area (Å²) >= 11 is 0. The summed E-state index contributed by atoms with van der Waals surface area (Å²) in [7, 11) is 0. The van der Waals surface area contributed by atoms with E-state index in [0.717, 1.165) is 27.8 Å². The molecule has 37 heavy (non-hydrogen) atoms. The molecule has 0 bridgehead atoms. The molecule has 1 atom stereocenters. The quantitative estimate of drug-likeness (QED) is 0.131. The van der Waals surface area contributed by atoms with Crippen LogP contribution < -0.4 is 0 Å². The van der Waals surface area contributed by atoms with Gasteiger partial charge in [0, 0.05) is 30.7 Å². The van der Waals surface area contributed by atoms with E-state index >= 15 is 0 Å². The van der Waals surface area contributed by atoms with E-state index in [4.69, 9.17) is 4.84 Å². The molecule has 192 valence electrons. The second-order valence-electron chi connectivity index (χ2n) is 9.37. The second-order valence-corrected chi connectivity index (χ2v) is 9.37. The van der Waals surface area contributed by atoms with Gasteiger partial charge >= 0.3 is 12.1 Å². The number of rotatable bonds is 9. The number of carbonyl (C=O) groups excluding carboxylic acids is 2. The van der Waals surface area contributed by atoms with E-state index in [1.807, 2.05) is 61.5 Å². The van der Waals surface area contributed by atoms with Gasteiger partial charge in [0.25, 0.3) is 0 Å². The van der Waals surface area contributed by atoms with Crippen LogP contribution in [0.2, 0.25) is 0 Å². The van der Waals surface area contributed by atoms with Crippen molar-refractivity contribution in [2.24, 2.45) is 5.16 Å². The zero-order chi connectivity index (χ0) is 26.6. The Hall–Kier alpha value is -3.74. The summed E-state index contributed by atoms with van der Waals surface area (Å²) < 4.78 is 40.3. The van der Waals surface area contributed by atoms with Gasteiger partial charge in [0.1, 0.15) is 5.71 Å². The van der Waals surface area contributed by atoms with E-state index in [0.29, 0.717) is 18.4 Å². The minimum Gasteiger partial charge on any atom is -0.318 e. The first-order chi connectivity index (χ1) is 17.6. The van der Waals surface area contributed by atoms with E-state index in [2.05, 4.69) is 5.16 Å². The number of ketones is 1. The molecule has 7 heteroatoms. The van der Waals surface area contributed by atoms with Crippen molar-refractivity contribution in [3.8, 4) is 11.1 Å². The largest absolute Gasteiger partial charge is 0.389 e. The normalized spacial score (nSPS) is 16.7. The molecule has 0 aromatic heterocycles. The van der Waals surface area contributed by atoms with Crippen molar-refractivity contribution in [1.82, 2.24) is 0 Å². The van der Waals surface area contributed by atoms with Gasteiger partial charge in [-0.25, -0.2) is 4.79 Å². The van der Waals surface area contributed by atoms with Crippen molar-refractivity contribution in [1.29, 1.82) is 0 Å². The molecular formula is C30H28F3NO3. The third kappa shape index (κ3) is 5.66. The highest BCUT2D eigenvalue weighted by Gasteiger charge is 2.45. The van der Waals surface area contributed by atoms with Gasteiger partial charge in [0.05, 0.1) is 0 Å². The lowest BCUT2D eigenvalue weighted by molar-refractivity contribution is -0.141. The number of benzene rings is 3. The molecular weight excluding hydrogens is 479 g/mol. The number of nitrogens with zero attached hydrogens (tertiary/aromatic N) is 1. The Morgan fingerprint density at radius 3 is 2.24 bits per heavy atom. The maximum absolute atomic E-state index is 13.6. The monoisotopic (exact) mass is 507 g/mol. The SMILES string of the molecule is CCCC1(CCC(F)(F)F)c2ccccc2-c2ccc(C(=O)/C(Cc3ccccc3)=N/OC(C)=O)cc21. The Kier molecular flexibility index (Phi) is 7.62. The van der Waals surface area contributed by atoms with Crippen LogP contribution in [0, 0.1) is 0 Å². The summed E-state index contributed by atoms with van der Waals surface area (Å²) in [5.74, 6) is -1.10. The minimum absolute atomic E-state index is 0.0354. The van der Waals surface area contributed by atoms with E-state index in [1.54, 1.807) is 18.2 Å². The smallest absolute Gasteiger partial charge is 0.318 e. The minimum atomic E-state index is -4.30. The van der Waals surface area contributed by atoms with Crippen LogP contribution in [0.1, 0.15) is 66.6 Å². The van der Waals surface area contributed by atoms with Gasteiger partial charge in [0.2, 0.25) is 5.78 Å². The van der Waals surface area contributed by atoms with Crippen molar-refractivity contribution < 1.29 is 27.6 Å². The molecule has 1 unspecified atom stereocenters. The molecule has 0 N–H and O–H groups in total. The van der Waals surface area contributed by atoms with Gasteiger partial charge in [-0.1, -0.05) is 85.2 Å². The molecule has 0 radical (unpaired) electrons. The Labute approximate surface area is 214 Å². The van der Waals surface area contributed by atoms with Crippen molar-refractivity contribution >= 4 is 17.5 Å². The predicted octanol–water partition coefficient (Wildman–Crippen LogP) is 7.44. The number of Topliss-reactive ketones (excluding diaryl/α,β-unsaturated/α-hetero) is 1. The molecule has 0 heterocycles. The molecule has 0 amide bonds. The molecule has 4 rings (SSSR count). The van der Waals surface area contributed by atoms with Gasteiger partial charge < -0.3 is 4.84 Å². The fourth-order valence-corrected chi connectivity index (χ4v) is 5.27. The number of fused-ring (bicyclic) bond motifs is 3. The Morgan fingerprint density at radius 2 is 1.57 bits per heavy atom. The topological polar surface area (TPSA) is 55.7 Å². The second kappa shape index (κ2) is 10.7. The maximum Gasteiger partial charge on any atom is 0.389 e. The number of oxime groups is 1. The first-order valence-corrected chi connectivity index (χ1v) is 12.3. The highest BCUT2D eigenvalue weighted by molar-refractivity contribution is 6.46. The van der Waals surface area contributed by atoms with Crippen LogP contribution in [0.4, 0.5) is 13.2 Å². The average molecular weight is 508 g/mol. The summed E-state index contributed by atoms with van der Waals surface area (Å²) in [5, 5.41) is 3.84. The summed E-state index contributed by atoms with van der Waals surface area (Å²) in [6.07, 6.45) is -4.00. The van der Waals surface area contributed by atoms with E-state index in [-0.39, 0.29) is 18.6 Å². The van der Waals surface area contributed by atoms with Crippen LogP contribution in [0.3, 0.4) is 0 Å². The van der Waals surface area contributed by atoms with E-state index < -0.39 is 29.8 Å². The van der Waals surface area contributed by atoms with Crippen molar-refractivity contribution in [3.63, 3.8) is 0 Å². The van der Waals surface area contributed by atoms with Crippen LogP contribution >= 0.6 is 0 Å². The standard InChI is InChI=1S/C30H28F3NO3/c1-3-15-29(16-17-30(31,32)33)25-12-8-7-11-23(25)24-14-13-22(19-26(24)29)28(36)27(34-37-20(2)35)18-21-9-5-4-6-10-21/h4-14,19H,3,15-18H2,1-2H3/b34-27+. The zero-order valence-electron chi connectivity index (χ0n) is 20.8. The number of halogens is 3. The molecule has 0 spiro atoms. The number of carbonyl (C=O) groups is 2. The molecule has 0 fully saturated rings. The van der Waals surface area contributed by atoms with Gasteiger partial charge in [-0.2, -0.15) is 13.2 Å². The lowest BCUT2D eigenvalue weighted by Gasteiger charge is -2.32. The molecule has 3 aromatic rings. The molecule has 1 aliphatic carbocycles. The molecule has 0 saturated carbocycles. The molecule has 0 aliphatic heterocycles. The Bertz CT molecular complexity index is 1330. The van der Waals surface area contributed by atoms with Gasteiger partial charge in [-0.05, 0) is 46.7 Å². The van der Waals surface area contributed by atoms with Crippen molar-refractivity contribution in [2.45, 2.75) is 57.5 Å².